The smallest absolute Gasteiger partial charge is 0.271 e. The Balaban J connectivity index is 1.71. The van der Waals surface area contributed by atoms with E-state index in [1.165, 1.54) is 23.6 Å². The van der Waals surface area contributed by atoms with Crippen LogP contribution in [-0.4, -0.2) is 50.3 Å². The standard InChI is InChI=1S/C26H26ClN3O5S2/c1-3-35-13-5-12-29-23(32)19(15-28)16(2)22(25(29)34)20(31)6-4-11-30-24(33)21(37-26(30)36)14-17-7-9-18(27)10-8-17/h7-10,14,34H,3-6,11-13H2,1-2H3/b21-14-. The fourth-order valence-electron chi connectivity index (χ4n) is 3.89. The maximum atomic E-state index is 13.1. The molecule has 1 N–H and O–H groups in total. The van der Waals surface area contributed by atoms with Crippen molar-refractivity contribution in [2.75, 3.05) is 19.8 Å². The van der Waals surface area contributed by atoms with E-state index in [4.69, 9.17) is 28.6 Å². The van der Waals surface area contributed by atoms with Gasteiger partial charge in [-0.15, -0.1) is 0 Å². The fourth-order valence-corrected chi connectivity index (χ4v) is 5.32. The van der Waals surface area contributed by atoms with Gasteiger partial charge in [0, 0.05) is 37.7 Å². The van der Waals surface area contributed by atoms with Crippen LogP contribution in [0.25, 0.3) is 6.08 Å². The molecule has 1 fully saturated rings. The number of halogens is 1. The predicted octanol–water partition coefficient (Wildman–Crippen LogP) is 4.68. The Morgan fingerprint density at radius 2 is 1.95 bits per heavy atom. The van der Waals surface area contributed by atoms with Crippen molar-refractivity contribution in [3.8, 4) is 11.9 Å². The quantitative estimate of drug-likeness (QED) is 0.183. The second-order valence-corrected chi connectivity index (χ2v) is 10.3. The molecule has 1 aliphatic rings. The summed E-state index contributed by atoms with van der Waals surface area (Å²) in [5.41, 5.74) is 0.0845. The zero-order chi connectivity index (χ0) is 27.1. The second-order valence-electron chi connectivity index (χ2n) is 8.23. The molecule has 11 heteroatoms. The number of thiocarbonyl (C=S) groups is 1. The molecule has 0 aliphatic carbocycles. The van der Waals surface area contributed by atoms with Crippen molar-refractivity contribution in [3.63, 3.8) is 0 Å². The van der Waals surface area contributed by atoms with E-state index < -0.39 is 17.2 Å². The minimum absolute atomic E-state index is 0.0102. The molecule has 1 aliphatic heterocycles. The van der Waals surface area contributed by atoms with Crippen LogP contribution in [0.5, 0.6) is 5.88 Å². The Morgan fingerprint density at radius 1 is 1.24 bits per heavy atom. The zero-order valence-corrected chi connectivity index (χ0v) is 22.8. The van der Waals surface area contributed by atoms with Crippen molar-refractivity contribution < 1.29 is 19.4 Å². The number of pyridine rings is 1. The van der Waals surface area contributed by atoms with Crippen molar-refractivity contribution in [2.24, 2.45) is 0 Å². The van der Waals surface area contributed by atoms with Crippen molar-refractivity contribution in [2.45, 2.75) is 39.7 Å². The number of Topliss-reactive ketones (excluding diaryl/α,β-unsaturated/α-hetero) is 1. The lowest BCUT2D eigenvalue weighted by Gasteiger charge is -2.17. The summed E-state index contributed by atoms with van der Waals surface area (Å²) in [6, 6.07) is 8.92. The molecule has 1 saturated heterocycles. The van der Waals surface area contributed by atoms with Gasteiger partial charge >= 0.3 is 0 Å². The molecule has 194 valence electrons. The highest BCUT2D eigenvalue weighted by atomic mass is 35.5. The number of amides is 1. The third-order valence-electron chi connectivity index (χ3n) is 5.78. The number of thioether (sulfide) groups is 1. The Morgan fingerprint density at radius 3 is 2.59 bits per heavy atom. The first-order valence-electron chi connectivity index (χ1n) is 11.7. The van der Waals surface area contributed by atoms with Crippen LogP contribution in [0.15, 0.2) is 34.0 Å². The van der Waals surface area contributed by atoms with Gasteiger partial charge in [0.05, 0.1) is 10.5 Å². The normalized spacial score (nSPS) is 14.4. The van der Waals surface area contributed by atoms with E-state index in [1.807, 2.05) is 13.0 Å². The van der Waals surface area contributed by atoms with Crippen LogP contribution in [0.3, 0.4) is 0 Å². The van der Waals surface area contributed by atoms with E-state index >= 15 is 0 Å². The average molecular weight is 560 g/mol. The van der Waals surface area contributed by atoms with Gasteiger partial charge in [-0.05, 0) is 56.0 Å². The van der Waals surface area contributed by atoms with Gasteiger partial charge in [0.25, 0.3) is 11.5 Å². The first kappa shape index (κ1) is 28.6. The molecule has 37 heavy (non-hydrogen) atoms. The Bertz CT molecular complexity index is 1350. The number of benzene rings is 1. The number of hydrogen-bond acceptors (Lipinski definition) is 8. The molecule has 0 atom stereocenters. The van der Waals surface area contributed by atoms with Crippen LogP contribution in [0.4, 0.5) is 0 Å². The minimum atomic E-state index is -0.643. The Labute approximate surface area is 229 Å². The number of aromatic nitrogens is 1. The first-order valence-corrected chi connectivity index (χ1v) is 13.3. The molecular weight excluding hydrogens is 534 g/mol. The zero-order valence-electron chi connectivity index (χ0n) is 20.5. The molecule has 0 bridgehead atoms. The van der Waals surface area contributed by atoms with Crippen molar-refractivity contribution in [1.82, 2.24) is 9.47 Å². The molecule has 8 nitrogen and oxygen atoms in total. The highest BCUT2D eigenvalue weighted by molar-refractivity contribution is 8.26. The summed E-state index contributed by atoms with van der Waals surface area (Å²) < 4.78 is 6.71. The number of ether oxygens (including phenoxy) is 1. The van der Waals surface area contributed by atoms with Crippen molar-refractivity contribution >= 4 is 57.7 Å². The largest absolute Gasteiger partial charge is 0.494 e. The van der Waals surface area contributed by atoms with Crippen LogP contribution in [0, 0.1) is 18.3 Å². The summed E-state index contributed by atoms with van der Waals surface area (Å²) in [6.45, 7) is 4.53. The van der Waals surface area contributed by atoms with Gasteiger partial charge in [-0.3, -0.25) is 23.9 Å². The number of hydrogen-bond donors (Lipinski definition) is 1. The van der Waals surface area contributed by atoms with Gasteiger partial charge in [0.1, 0.15) is 16.0 Å². The topological polar surface area (TPSA) is 113 Å². The molecule has 1 aromatic carbocycles. The van der Waals surface area contributed by atoms with E-state index in [9.17, 15) is 24.8 Å². The van der Waals surface area contributed by atoms with Gasteiger partial charge in [0.15, 0.2) is 5.78 Å². The number of carbonyl (C=O) groups excluding carboxylic acids is 2. The SMILES string of the molecule is CCOCCCn1c(O)c(C(=O)CCCN2C(=O)/C(=C/c3ccc(Cl)cc3)SC2=S)c(C)c(C#N)c1=O. The summed E-state index contributed by atoms with van der Waals surface area (Å²) in [7, 11) is 0. The molecule has 0 radical (unpaired) electrons. The second kappa shape index (κ2) is 13.0. The molecule has 1 amide bonds. The van der Waals surface area contributed by atoms with Gasteiger partial charge in [-0.2, -0.15) is 5.26 Å². The highest BCUT2D eigenvalue weighted by Gasteiger charge is 2.32. The number of rotatable bonds is 11. The summed E-state index contributed by atoms with van der Waals surface area (Å²) in [5.74, 6) is -1.13. The molecule has 3 rings (SSSR count). The fraction of sp³-hybridized carbons (Fsp3) is 0.346. The molecule has 2 heterocycles. The molecule has 0 unspecified atom stereocenters. The first-order chi connectivity index (χ1) is 17.7. The lowest BCUT2D eigenvalue weighted by Crippen LogP contribution is -2.30. The third-order valence-corrected chi connectivity index (χ3v) is 7.41. The Kier molecular flexibility index (Phi) is 10.1. The van der Waals surface area contributed by atoms with Gasteiger partial charge in [-0.25, -0.2) is 0 Å². The van der Waals surface area contributed by atoms with E-state index in [-0.39, 0.29) is 48.5 Å². The molecule has 0 saturated carbocycles. The maximum Gasteiger partial charge on any atom is 0.271 e. The summed E-state index contributed by atoms with van der Waals surface area (Å²) in [6.07, 6.45) is 2.44. The van der Waals surface area contributed by atoms with Crippen LogP contribution in [0.2, 0.25) is 5.02 Å². The molecule has 0 spiro atoms. The number of aromatic hydroxyl groups is 1. The third kappa shape index (κ3) is 6.67. The van der Waals surface area contributed by atoms with Crippen LogP contribution in [-0.2, 0) is 16.1 Å². The Hall–Kier alpha value is -2.97. The van der Waals surface area contributed by atoms with E-state index in [1.54, 1.807) is 30.3 Å². The average Bonchev–Trinajstić information content (AvgIpc) is 3.12. The summed E-state index contributed by atoms with van der Waals surface area (Å²) >= 11 is 12.5. The van der Waals surface area contributed by atoms with Crippen LogP contribution < -0.4 is 5.56 Å². The van der Waals surface area contributed by atoms with Gasteiger partial charge < -0.3 is 9.84 Å². The van der Waals surface area contributed by atoms with Gasteiger partial charge in [-0.1, -0.05) is 47.7 Å². The molecular formula is C26H26ClN3O5S2. The number of carbonyl (C=O) groups is 2. The van der Waals surface area contributed by atoms with Crippen LogP contribution in [0.1, 0.15) is 53.2 Å². The van der Waals surface area contributed by atoms with Crippen molar-refractivity contribution in [1.29, 1.82) is 5.26 Å². The van der Waals surface area contributed by atoms with E-state index in [0.717, 1.165) is 10.1 Å². The summed E-state index contributed by atoms with van der Waals surface area (Å²) in [4.78, 5) is 40.6. The van der Waals surface area contributed by atoms with E-state index in [0.29, 0.717) is 33.9 Å². The number of nitrogens with zero attached hydrogens (tertiary/aromatic N) is 3. The van der Waals surface area contributed by atoms with Crippen LogP contribution >= 0.6 is 35.6 Å². The maximum absolute atomic E-state index is 13.1. The predicted molar refractivity (Wildman–Crippen MR) is 148 cm³/mol. The van der Waals surface area contributed by atoms with Gasteiger partial charge in [0.2, 0.25) is 5.88 Å². The minimum Gasteiger partial charge on any atom is -0.494 e. The molecule has 1 aromatic heterocycles. The summed E-state index contributed by atoms with van der Waals surface area (Å²) in [5, 5.41) is 20.9. The van der Waals surface area contributed by atoms with Crippen molar-refractivity contribution in [3.05, 3.63) is 66.8 Å². The highest BCUT2D eigenvalue weighted by Crippen LogP contribution is 2.33. The number of ketones is 1. The number of nitriles is 1. The lowest BCUT2D eigenvalue weighted by atomic mass is 9.99. The molecule has 2 aromatic rings. The monoisotopic (exact) mass is 559 g/mol. The lowest BCUT2D eigenvalue weighted by molar-refractivity contribution is -0.122. The van der Waals surface area contributed by atoms with E-state index in [2.05, 4.69) is 0 Å².